The van der Waals surface area contributed by atoms with E-state index in [0.717, 1.165) is 44.0 Å². The van der Waals surface area contributed by atoms with Crippen LogP contribution in [0.5, 0.6) is 0 Å². The Balaban J connectivity index is 1.68. The zero-order valence-electron chi connectivity index (χ0n) is 18.1. The molecular weight excluding hydrogens is 423 g/mol. The summed E-state index contributed by atoms with van der Waals surface area (Å²) in [6.07, 6.45) is 3.77. The van der Waals surface area contributed by atoms with Gasteiger partial charge in [0.1, 0.15) is 11.6 Å². The molecule has 0 fully saturated rings. The fourth-order valence-corrected chi connectivity index (χ4v) is 4.38. The zero-order chi connectivity index (χ0) is 22.8. The number of nitrogens with zero attached hydrogens (tertiary/aromatic N) is 1. The average Bonchev–Trinajstić information content (AvgIpc) is 2.99. The van der Waals surface area contributed by atoms with Crippen LogP contribution >= 0.6 is 0 Å². The van der Waals surface area contributed by atoms with E-state index >= 15 is 0 Å². The lowest BCUT2D eigenvalue weighted by molar-refractivity contribution is -0.115. The molecule has 1 heterocycles. The highest BCUT2D eigenvalue weighted by molar-refractivity contribution is 7.84. The molecule has 0 unspecified atom stereocenters. The number of aromatic nitrogens is 1. The monoisotopic (exact) mass is 446 g/mol. The number of amides is 1. The van der Waals surface area contributed by atoms with E-state index in [1.165, 1.54) is 12.1 Å². The molecule has 1 aromatic heterocycles. The molecule has 1 amide bonds. The van der Waals surface area contributed by atoms with Gasteiger partial charge in [-0.25, -0.2) is 9.37 Å². The minimum atomic E-state index is -1.04. The average molecular weight is 447 g/mol. The summed E-state index contributed by atoms with van der Waals surface area (Å²) in [6, 6.07) is 17.6. The van der Waals surface area contributed by atoms with Crippen molar-refractivity contribution in [1.29, 1.82) is 0 Å². The van der Waals surface area contributed by atoms with E-state index in [1.807, 2.05) is 56.3 Å². The maximum atomic E-state index is 14.1. The number of allylic oxidation sites excluding steroid dienone is 2. The second-order valence-corrected chi connectivity index (χ2v) is 9.14. The predicted molar refractivity (Wildman–Crippen MR) is 128 cm³/mol. The van der Waals surface area contributed by atoms with Crippen LogP contribution in [0.1, 0.15) is 35.7 Å². The Bertz CT molecular complexity index is 1290. The Morgan fingerprint density at radius 2 is 1.81 bits per heavy atom. The highest BCUT2D eigenvalue weighted by atomic mass is 32.2. The van der Waals surface area contributed by atoms with Crippen LogP contribution in [0.25, 0.3) is 17.2 Å². The lowest BCUT2D eigenvalue weighted by Crippen LogP contribution is -2.13. The Morgan fingerprint density at radius 3 is 2.50 bits per heavy atom. The second-order valence-electron chi connectivity index (χ2n) is 7.76. The van der Waals surface area contributed by atoms with Crippen LogP contribution in [0.2, 0.25) is 0 Å². The minimum Gasteiger partial charge on any atom is -0.310 e. The maximum absolute atomic E-state index is 14.1. The van der Waals surface area contributed by atoms with Crippen LogP contribution in [0.15, 0.2) is 71.1 Å². The number of rotatable bonds is 5. The van der Waals surface area contributed by atoms with E-state index in [0.29, 0.717) is 5.82 Å². The maximum Gasteiger partial charge on any atom is 0.229 e. The number of benzene rings is 2. The first kappa shape index (κ1) is 21.8. The van der Waals surface area contributed by atoms with Crippen molar-refractivity contribution in [3.05, 3.63) is 94.4 Å². The number of pyridine rings is 1. The van der Waals surface area contributed by atoms with Crippen LogP contribution in [0.3, 0.4) is 0 Å². The van der Waals surface area contributed by atoms with Crippen LogP contribution in [-0.4, -0.2) is 21.4 Å². The summed E-state index contributed by atoms with van der Waals surface area (Å²) in [5, 5.41) is 2.83. The fraction of sp³-hybridized carbons (Fsp3) is 0.154. The summed E-state index contributed by atoms with van der Waals surface area (Å²) in [6.45, 7) is 3.81. The van der Waals surface area contributed by atoms with Crippen molar-refractivity contribution in [1.82, 2.24) is 4.98 Å². The summed E-state index contributed by atoms with van der Waals surface area (Å²) in [4.78, 5) is 17.8. The van der Waals surface area contributed by atoms with Gasteiger partial charge in [-0.3, -0.25) is 9.00 Å². The van der Waals surface area contributed by atoms with Crippen molar-refractivity contribution in [3.8, 4) is 0 Å². The smallest absolute Gasteiger partial charge is 0.229 e. The van der Waals surface area contributed by atoms with E-state index in [1.54, 1.807) is 18.4 Å². The number of hydrogen-bond donors (Lipinski definition) is 1. The number of halogens is 1. The molecule has 162 valence electrons. The van der Waals surface area contributed by atoms with Crippen LogP contribution in [0.4, 0.5) is 10.2 Å². The molecule has 0 spiro atoms. The molecule has 1 N–H and O–H groups in total. The summed E-state index contributed by atoms with van der Waals surface area (Å²) in [5.41, 5.74) is 6.05. The van der Waals surface area contributed by atoms with Crippen molar-refractivity contribution in [2.45, 2.75) is 25.2 Å². The van der Waals surface area contributed by atoms with Gasteiger partial charge in [0.2, 0.25) is 5.91 Å². The van der Waals surface area contributed by atoms with Crippen molar-refractivity contribution >= 4 is 39.7 Å². The molecule has 6 heteroatoms. The van der Waals surface area contributed by atoms with E-state index in [-0.39, 0.29) is 18.1 Å². The van der Waals surface area contributed by atoms with Gasteiger partial charge in [-0.1, -0.05) is 24.3 Å². The number of fused-ring (bicyclic) bond motifs is 1. The molecule has 0 saturated carbocycles. The van der Waals surface area contributed by atoms with Crippen molar-refractivity contribution in [2.24, 2.45) is 0 Å². The van der Waals surface area contributed by atoms with Crippen molar-refractivity contribution in [2.75, 3.05) is 11.6 Å². The lowest BCUT2D eigenvalue weighted by Gasteiger charge is -2.08. The van der Waals surface area contributed by atoms with E-state index < -0.39 is 10.8 Å². The molecule has 32 heavy (non-hydrogen) atoms. The molecule has 3 aromatic rings. The normalized spacial score (nSPS) is 15.1. The molecule has 1 atom stereocenters. The van der Waals surface area contributed by atoms with Gasteiger partial charge >= 0.3 is 0 Å². The second kappa shape index (κ2) is 9.01. The third-order valence-electron chi connectivity index (χ3n) is 5.47. The van der Waals surface area contributed by atoms with Gasteiger partial charge in [0.25, 0.3) is 0 Å². The molecule has 0 radical (unpaired) electrons. The summed E-state index contributed by atoms with van der Waals surface area (Å²) in [5.74, 6) is -0.0515. The van der Waals surface area contributed by atoms with Gasteiger partial charge in [-0.2, -0.15) is 0 Å². The number of nitrogens with one attached hydrogen (secondary N) is 1. The van der Waals surface area contributed by atoms with E-state index in [2.05, 4.69) is 10.3 Å². The number of anilines is 1. The molecule has 1 aliphatic rings. The highest BCUT2D eigenvalue weighted by Crippen LogP contribution is 2.44. The number of carbonyl (C=O) groups is 1. The minimum absolute atomic E-state index is 0.114. The third kappa shape index (κ3) is 4.60. The van der Waals surface area contributed by atoms with Gasteiger partial charge in [-0.05, 0) is 89.7 Å². The van der Waals surface area contributed by atoms with Crippen LogP contribution < -0.4 is 5.32 Å². The predicted octanol–water partition coefficient (Wildman–Crippen LogP) is 5.62. The largest absolute Gasteiger partial charge is 0.310 e. The SMILES string of the molecule is CC1=C(CC(=O)Nc2cccc(C)n2)c2cc(F)ccc2/C1=C/c1ccc([S@@](C)=O)cc1. The highest BCUT2D eigenvalue weighted by Gasteiger charge is 2.26. The van der Waals surface area contributed by atoms with Crippen molar-refractivity contribution < 1.29 is 13.4 Å². The molecule has 2 aromatic carbocycles. The Morgan fingerprint density at radius 1 is 1.06 bits per heavy atom. The molecule has 0 saturated heterocycles. The Labute approximate surface area is 189 Å². The molecule has 4 nitrogen and oxygen atoms in total. The van der Waals surface area contributed by atoms with Gasteiger partial charge in [-0.15, -0.1) is 0 Å². The van der Waals surface area contributed by atoms with Gasteiger partial charge in [0.05, 0.1) is 6.42 Å². The summed E-state index contributed by atoms with van der Waals surface area (Å²) < 4.78 is 25.7. The topological polar surface area (TPSA) is 59.1 Å². The molecular formula is C26H23FN2O2S. The zero-order valence-corrected chi connectivity index (χ0v) is 18.9. The first-order valence-electron chi connectivity index (χ1n) is 10.2. The van der Waals surface area contributed by atoms with Crippen LogP contribution in [0, 0.1) is 12.7 Å². The Kier molecular flexibility index (Phi) is 6.15. The van der Waals surface area contributed by atoms with E-state index in [9.17, 15) is 13.4 Å². The lowest BCUT2D eigenvalue weighted by atomic mass is 10.0. The van der Waals surface area contributed by atoms with Gasteiger partial charge < -0.3 is 5.32 Å². The molecule has 4 rings (SSSR count). The third-order valence-corrected chi connectivity index (χ3v) is 6.41. The first-order valence-corrected chi connectivity index (χ1v) is 11.8. The number of aryl methyl sites for hydroxylation is 1. The quantitative estimate of drug-likeness (QED) is 0.553. The molecule has 1 aliphatic carbocycles. The fourth-order valence-electron chi connectivity index (χ4n) is 3.86. The summed E-state index contributed by atoms with van der Waals surface area (Å²) in [7, 11) is -1.04. The molecule has 0 aliphatic heterocycles. The van der Waals surface area contributed by atoms with Gasteiger partial charge in [0, 0.05) is 27.6 Å². The van der Waals surface area contributed by atoms with E-state index in [4.69, 9.17) is 0 Å². The standard InChI is InChI=1S/C26H23FN2O2S/c1-16-5-4-6-25(28-16)29-26(30)15-23-17(2)22(21-12-9-19(27)14-24(21)23)13-18-7-10-20(11-8-18)32(3)31/h4-14H,15H2,1-3H3,(H,28,29,30)/b22-13+/t32-/m1/s1. The Hall–Kier alpha value is -3.38. The molecule has 0 bridgehead atoms. The summed E-state index contributed by atoms with van der Waals surface area (Å²) >= 11 is 0. The first-order chi connectivity index (χ1) is 15.3. The van der Waals surface area contributed by atoms with Gasteiger partial charge in [0.15, 0.2) is 0 Å². The number of carbonyl (C=O) groups excluding carboxylic acids is 1. The van der Waals surface area contributed by atoms with Crippen LogP contribution in [-0.2, 0) is 15.6 Å². The number of hydrogen-bond acceptors (Lipinski definition) is 3. The van der Waals surface area contributed by atoms with Crippen molar-refractivity contribution in [3.63, 3.8) is 0 Å².